The fraction of sp³-hybridized carbons (Fsp3) is 0.333. The molecule has 0 spiro atoms. The van der Waals surface area contributed by atoms with Gasteiger partial charge in [0.15, 0.2) is 5.13 Å². The third-order valence-electron chi connectivity index (χ3n) is 3.68. The Morgan fingerprint density at radius 3 is 3.00 bits per heavy atom. The summed E-state index contributed by atoms with van der Waals surface area (Å²) in [5.74, 6) is -0.901. The number of hydrogen-bond acceptors (Lipinski definition) is 6. The van der Waals surface area contributed by atoms with Crippen molar-refractivity contribution in [1.29, 1.82) is 0 Å². The summed E-state index contributed by atoms with van der Waals surface area (Å²) in [6.45, 7) is 0.817. The Balaban J connectivity index is 1.67. The van der Waals surface area contributed by atoms with Crippen molar-refractivity contribution in [2.45, 2.75) is 12.8 Å². The second kappa shape index (κ2) is 6.74. The van der Waals surface area contributed by atoms with Crippen molar-refractivity contribution in [2.24, 2.45) is 5.92 Å². The van der Waals surface area contributed by atoms with Crippen LogP contribution in [0.15, 0.2) is 29.8 Å². The summed E-state index contributed by atoms with van der Waals surface area (Å²) in [4.78, 5) is 33.6. The molecule has 2 aromatic rings. The van der Waals surface area contributed by atoms with E-state index in [0.29, 0.717) is 36.0 Å². The maximum absolute atomic E-state index is 12.5. The van der Waals surface area contributed by atoms with E-state index < -0.39 is 11.9 Å². The first kappa shape index (κ1) is 15.4. The predicted octanol–water partition coefficient (Wildman–Crippen LogP) is 2.22. The highest BCUT2D eigenvalue weighted by Crippen LogP contribution is 2.23. The van der Waals surface area contributed by atoms with Crippen LogP contribution >= 0.6 is 11.3 Å². The lowest BCUT2D eigenvalue weighted by molar-refractivity contribution is -0.143. The second-order valence-corrected chi connectivity index (χ2v) is 6.16. The molecule has 1 atom stereocenters. The average Bonchev–Trinajstić information content (AvgIpc) is 3.03. The molecule has 1 aliphatic heterocycles. The molecule has 0 bridgehead atoms. The first-order valence-corrected chi connectivity index (χ1v) is 8.17. The Bertz CT molecular complexity index is 704. The van der Waals surface area contributed by atoms with Crippen LogP contribution in [0.2, 0.25) is 0 Å². The van der Waals surface area contributed by atoms with Gasteiger partial charge in [-0.05, 0) is 25.0 Å². The zero-order valence-corrected chi connectivity index (χ0v) is 13.1. The number of hydrogen-bond donors (Lipinski definition) is 2. The molecule has 2 aromatic heterocycles. The molecule has 1 saturated heterocycles. The number of thiazole rings is 1. The SMILES string of the molecule is O=C(O)C1CCCN(C(=O)c2csc(Nc3ccccn3)n2)C1. The lowest BCUT2D eigenvalue weighted by Crippen LogP contribution is -2.42. The fourth-order valence-corrected chi connectivity index (χ4v) is 3.19. The van der Waals surface area contributed by atoms with Crippen LogP contribution in [0.1, 0.15) is 23.3 Å². The minimum Gasteiger partial charge on any atom is -0.481 e. The molecule has 8 heteroatoms. The number of nitrogens with zero attached hydrogens (tertiary/aromatic N) is 3. The maximum atomic E-state index is 12.5. The highest BCUT2D eigenvalue weighted by Gasteiger charge is 2.29. The quantitative estimate of drug-likeness (QED) is 0.891. The molecule has 120 valence electrons. The third-order valence-corrected chi connectivity index (χ3v) is 4.44. The van der Waals surface area contributed by atoms with E-state index >= 15 is 0 Å². The summed E-state index contributed by atoms with van der Waals surface area (Å²) in [6.07, 6.45) is 2.98. The summed E-state index contributed by atoms with van der Waals surface area (Å²) >= 11 is 1.32. The number of amides is 1. The molecule has 3 heterocycles. The molecule has 3 rings (SSSR count). The molecule has 7 nitrogen and oxygen atoms in total. The number of aliphatic carboxylic acids is 1. The van der Waals surface area contributed by atoms with Gasteiger partial charge in [0.05, 0.1) is 5.92 Å². The summed E-state index contributed by atoms with van der Waals surface area (Å²) in [7, 11) is 0. The summed E-state index contributed by atoms with van der Waals surface area (Å²) in [6, 6.07) is 5.48. The summed E-state index contributed by atoms with van der Waals surface area (Å²) < 4.78 is 0. The highest BCUT2D eigenvalue weighted by molar-refractivity contribution is 7.14. The van der Waals surface area contributed by atoms with Crippen LogP contribution in [0.3, 0.4) is 0 Å². The standard InChI is InChI=1S/C15H16N4O3S/c20-13(19-7-3-4-10(8-19)14(21)22)11-9-23-15(17-11)18-12-5-1-2-6-16-12/h1-2,5-6,9-10H,3-4,7-8H2,(H,21,22)(H,16,17,18). The van der Waals surface area contributed by atoms with Crippen molar-refractivity contribution in [3.8, 4) is 0 Å². The third kappa shape index (κ3) is 3.65. The summed E-state index contributed by atoms with van der Waals surface area (Å²) in [5.41, 5.74) is 0.333. The van der Waals surface area contributed by atoms with E-state index in [4.69, 9.17) is 5.11 Å². The smallest absolute Gasteiger partial charge is 0.308 e. The second-order valence-electron chi connectivity index (χ2n) is 5.31. The van der Waals surface area contributed by atoms with Gasteiger partial charge >= 0.3 is 5.97 Å². The number of carbonyl (C=O) groups is 2. The van der Waals surface area contributed by atoms with Gasteiger partial charge in [-0.15, -0.1) is 11.3 Å². The molecule has 0 saturated carbocycles. The molecular formula is C15H16N4O3S. The van der Waals surface area contributed by atoms with E-state index in [9.17, 15) is 9.59 Å². The van der Waals surface area contributed by atoms with Gasteiger partial charge in [0.25, 0.3) is 5.91 Å². The summed E-state index contributed by atoms with van der Waals surface area (Å²) in [5, 5.41) is 14.4. The molecule has 23 heavy (non-hydrogen) atoms. The molecule has 1 amide bonds. The molecule has 2 N–H and O–H groups in total. The van der Waals surface area contributed by atoms with Gasteiger partial charge in [-0.3, -0.25) is 9.59 Å². The minimum absolute atomic E-state index is 0.221. The van der Waals surface area contributed by atoms with Crippen LogP contribution in [0.5, 0.6) is 0 Å². The number of piperidine rings is 1. The molecule has 1 fully saturated rings. The number of rotatable bonds is 4. The van der Waals surface area contributed by atoms with Gasteiger partial charge in [-0.25, -0.2) is 9.97 Å². The van der Waals surface area contributed by atoms with Crippen molar-refractivity contribution in [3.63, 3.8) is 0 Å². The number of carboxylic acids is 1. The highest BCUT2D eigenvalue weighted by atomic mass is 32.1. The van der Waals surface area contributed by atoms with Crippen LogP contribution in [-0.2, 0) is 4.79 Å². The first-order valence-electron chi connectivity index (χ1n) is 7.29. The number of pyridine rings is 1. The van der Waals surface area contributed by atoms with E-state index in [1.807, 2.05) is 18.2 Å². The molecular weight excluding hydrogens is 316 g/mol. The topological polar surface area (TPSA) is 95.4 Å². The van der Waals surface area contributed by atoms with Gasteiger partial charge in [-0.2, -0.15) is 0 Å². The molecule has 1 unspecified atom stereocenters. The zero-order valence-electron chi connectivity index (χ0n) is 12.3. The largest absolute Gasteiger partial charge is 0.481 e. The van der Waals surface area contributed by atoms with Crippen molar-refractivity contribution in [2.75, 3.05) is 18.4 Å². The van der Waals surface area contributed by atoms with E-state index in [1.54, 1.807) is 16.5 Å². The van der Waals surface area contributed by atoms with Crippen molar-refractivity contribution < 1.29 is 14.7 Å². The Labute approximate surface area is 137 Å². The van der Waals surface area contributed by atoms with Crippen molar-refractivity contribution in [3.05, 3.63) is 35.5 Å². The van der Waals surface area contributed by atoms with Crippen LogP contribution in [0.25, 0.3) is 0 Å². The molecule has 0 aliphatic carbocycles. The van der Waals surface area contributed by atoms with E-state index in [2.05, 4.69) is 15.3 Å². The number of aromatic nitrogens is 2. The van der Waals surface area contributed by atoms with Gasteiger partial charge in [-0.1, -0.05) is 6.07 Å². The first-order chi connectivity index (χ1) is 11.1. The van der Waals surface area contributed by atoms with Crippen molar-refractivity contribution in [1.82, 2.24) is 14.9 Å². The van der Waals surface area contributed by atoms with Gasteiger partial charge < -0.3 is 15.3 Å². The van der Waals surface area contributed by atoms with Crippen LogP contribution < -0.4 is 5.32 Å². The van der Waals surface area contributed by atoms with Crippen molar-refractivity contribution >= 4 is 34.2 Å². The molecule has 1 aliphatic rings. The molecule has 0 radical (unpaired) electrons. The lowest BCUT2D eigenvalue weighted by atomic mass is 9.98. The maximum Gasteiger partial charge on any atom is 0.308 e. The monoisotopic (exact) mass is 332 g/mol. The number of nitrogens with one attached hydrogen (secondary N) is 1. The Morgan fingerprint density at radius 2 is 2.26 bits per heavy atom. The normalized spacial score (nSPS) is 17.7. The number of carboxylic acid groups (broad SMARTS) is 1. The van der Waals surface area contributed by atoms with Crippen LogP contribution in [0.4, 0.5) is 10.9 Å². The predicted molar refractivity (Wildman–Crippen MR) is 85.9 cm³/mol. The lowest BCUT2D eigenvalue weighted by Gasteiger charge is -2.30. The van der Waals surface area contributed by atoms with Gasteiger partial charge in [0.2, 0.25) is 0 Å². The zero-order chi connectivity index (χ0) is 16.2. The Hall–Kier alpha value is -2.48. The van der Waals surface area contributed by atoms with Gasteiger partial charge in [0, 0.05) is 24.7 Å². The fourth-order valence-electron chi connectivity index (χ4n) is 2.50. The van der Waals surface area contributed by atoms with Crippen LogP contribution in [-0.4, -0.2) is 44.9 Å². The molecule has 0 aromatic carbocycles. The Morgan fingerprint density at radius 1 is 1.39 bits per heavy atom. The number of anilines is 2. The minimum atomic E-state index is -0.849. The number of carbonyl (C=O) groups excluding carboxylic acids is 1. The Kier molecular flexibility index (Phi) is 4.52. The van der Waals surface area contributed by atoms with Gasteiger partial charge in [0.1, 0.15) is 11.5 Å². The number of likely N-dealkylation sites (tertiary alicyclic amines) is 1. The average molecular weight is 332 g/mol. The van der Waals surface area contributed by atoms with E-state index in [1.165, 1.54) is 11.3 Å². The van der Waals surface area contributed by atoms with E-state index in [-0.39, 0.29) is 12.5 Å². The van der Waals surface area contributed by atoms with E-state index in [0.717, 1.165) is 0 Å². The van der Waals surface area contributed by atoms with Crippen LogP contribution in [0, 0.1) is 5.92 Å².